The van der Waals surface area contributed by atoms with Crippen molar-refractivity contribution in [3.8, 4) is 0 Å². The lowest BCUT2D eigenvalue weighted by molar-refractivity contribution is -0.174. The van der Waals surface area contributed by atoms with Gasteiger partial charge in [-0.25, -0.2) is 0 Å². The van der Waals surface area contributed by atoms with Gasteiger partial charge in [0.2, 0.25) is 0 Å². The van der Waals surface area contributed by atoms with Crippen LogP contribution in [0, 0.1) is 11.8 Å². The molecule has 1 nitrogen and oxygen atoms in total. The third-order valence-electron chi connectivity index (χ3n) is 3.70. The number of hydrogen-bond donors (Lipinski definition) is 0. The molecule has 5 heteroatoms. The smallest absolute Gasteiger partial charge is 0.372 e. The quantitative estimate of drug-likeness (QED) is 0.495. The van der Waals surface area contributed by atoms with Gasteiger partial charge in [0, 0.05) is 11.4 Å². The first-order valence-corrected chi connectivity index (χ1v) is 7.62. The topological polar surface area (TPSA) is 9.23 Å². The van der Waals surface area contributed by atoms with Crippen molar-refractivity contribution in [3.05, 3.63) is 0 Å². The maximum Gasteiger partial charge on any atom is 0.411 e. The minimum absolute atomic E-state index is 0.215. The van der Waals surface area contributed by atoms with Gasteiger partial charge in [0.05, 0.1) is 0 Å². The zero-order chi connectivity index (χ0) is 13.6. The number of hydrogen-bond acceptors (Lipinski definition) is 1. The van der Waals surface area contributed by atoms with E-state index in [1.807, 2.05) is 0 Å². The van der Waals surface area contributed by atoms with E-state index in [0.717, 1.165) is 18.8 Å². The molecule has 1 aliphatic rings. The lowest BCUT2D eigenvalue weighted by Gasteiger charge is -2.32. The highest BCUT2D eigenvalue weighted by molar-refractivity contribution is 9.09. The summed E-state index contributed by atoms with van der Waals surface area (Å²) in [5.74, 6) is 1.39. The van der Waals surface area contributed by atoms with E-state index < -0.39 is 12.8 Å². The molecule has 0 aromatic rings. The second kappa shape index (κ2) is 7.73. The van der Waals surface area contributed by atoms with Gasteiger partial charge < -0.3 is 4.74 Å². The van der Waals surface area contributed by atoms with E-state index >= 15 is 0 Å². The maximum absolute atomic E-state index is 11.9. The monoisotopic (exact) mass is 330 g/mol. The van der Waals surface area contributed by atoms with Crippen molar-refractivity contribution in [1.82, 2.24) is 0 Å². The van der Waals surface area contributed by atoms with Gasteiger partial charge in [0.1, 0.15) is 6.61 Å². The van der Waals surface area contributed by atoms with Crippen LogP contribution in [0.15, 0.2) is 0 Å². The second-order valence-electron chi connectivity index (χ2n) is 5.17. The third-order valence-corrected chi connectivity index (χ3v) is 4.91. The van der Waals surface area contributed by atoms with Crippen LogP contribution in [-0.4, -0.2) is 24.2 Å². The standard InChI is InChI=1S/C13H22BrF3O/c1-2-10-5-6-12(14)11(8-10)4-3-7-18-9-13(15,16)17/h10-12H,2-9H2,1H3. The van der Waals surface area contributed by atoms with Gasteiger partial charge in [-0.05, 0) is 43.9 Å². The van der Waals surface area contributed by atoms with Gasteiger partial charge >= 0.3 is 6.18 Å². The summed E-state index contributed by atoms with van der Waals surface area (Å²) < 4.78 is 40.2. The summed E-state index contributed by atoms with van der Waals surface area (Å²) in [5.41, 5.74) is 0. The van der Waals surface area contributed by atoms with Crippen LogP contribution in [0.3, 0.4) is 0 Å². The van der Waals surface area contributed by atoms with E-state index in [2.05, 4.69) is 27.6 Å². The van der Waals surface area contributed by atoms with Crippen LogP contribution in [-0.2, 0) is 4.74 Å². The Kier molecular flexibility index (Phi) is 6.99. The molecule has 1 saturated carbocycles. The highest BCUT2D eigenvalue weighted by Crippen LogP contribution is 2.37. The molecule has 0 aromatic carbocycles. The van der Waals surface area contributed by atoms with E-state index in [9.17, 15) is 13.2 Å². The summed E-state index contributed by atoms with van der Waals surface area (Å²) >= 11 is 3.69. The Bertz CT molecular complexity index is 233. The van der Waals surface area contributed by atoms with Gasteiger partial charge in [-0.3, -0.25) is 0 Å². The van der Waals surface area contributed by atoms with Gasteiger partial charge in [-0.1, -0.05) is 29.3 Å². The minimum atomic E-state index is -4.20. The molecule has 108 valence electrons. The average molecular weight is 331 g/mol. The SMILES string of the molecule is CCC1CCC(Br)C(CCCOCC(F)(F)F)C1. The van der Waals surface area contributed by atoms with Gasteiger partial charge in [-0.2, -0.15) is 13.2 Å². The van der Waals surface area contributed by atoms with E-state index in [1.54, 1.807) is 0 Å². The molecule has 0 heterocycles. The van der Waals surface area contributed by atoms with Crippen molar-refractivity contribution >= 4 is 15.9 Å². The fraction of sp³-hybridized carbons (Fsp3) is 1.00. The number of rotatable bonds is 6. The summed E-state index contributed by atoms with van der Waals surface area (Å²) in [4.78, 5) is 0.530. The Hall–Kier alpha value is 0.230. The van der Waals surface area contributed by atoms with E-state index in [4.69, 9.17) is 0 Å². The Morgan fingerprint density at radius 3 is 2.61 bits per heavy atom. The maximum atomic E-state index is 11.9. The Balaban J connectivity index is 2.13. The lowest BCUT2D eigenvalue weighted by Crippen LogP contribution is -2.25. The zero-order valence-corrected chi connectivity index (χ0v) is 12.4. The molecule has 18 heavy (non-hydrogen) atoms. The fourth-order valence-corrected chi connectivity index (χ4v) is 3.37. The Morgan fingerprint density at radius 2 is 2.00 bits per heavy atom. The van der Waals surface area contributed by atoms with Crippen LogP contribution in [0.5, 0.6) is 0 Å². The first kappa shape index (κ1) is 16.3. The van der Waals surface area contributed by atoms with Crippen molar-refractivity contribution in [2.75, 3.05) is 13.2 Å². The van der Waals surface area contributed by atoms with E-state index in [-0.39, 0.29) is 6.61 Å². The predicted molar refractivity (Wildman–Crippen MR) is 69.9 cm³/mol. The minimum Gasteiger partial charge on any atom is -0.372 e. The van der Waals surface area contributed by atoms with Crippen molar-refractivity contribution in [2.45, 2.75) is 56.5 Å². The molecule has 1 fully saturated rings. The van der Waals surface area contributed by atoms with Crippen LogP contribution < -0.4 is 0 Å². The van der Waals surface area contributed by atoms with E-state index in [1.165, 1.54) is 25.7 Å². The van der Waals surface area contributed by atoms with E-state index in [0.29, 0.717) is 10.7 Å². The molecule has 0 aromatic heterocycles. The Labute approximate surface area is 116 Å². The summed E-state index contributed by atoms with van der Waals surface area (Å²) in [7, 11) is 0. The molecule has 0 N–H and O–H groups in total. The first-order valence-electron chi connectivity index (χ1n) is 6.71. The molecule has 3 unspecified atom stereocenters. The summed E-state index contributed by atoms with van der Waals surface area (Å²) in [5, 5.41) is 0. The third kappa shape index (κ3) is 6.41. The molecule has 0 bridgehead atoms. The molecule has 0 aliphatic heterocycles. The summed E-state index contributed by atoms with van der Waals surface area (Å²) in [6, 6.07) is 0. The zero-order valence-electron chi connectivity index (χ0n) is 10.8. The Morgan fingerprint density at radius 1 is 1.28 bits per heavy atom. The fourth-order valence-electron chi connectivity index (χ4n) is 2.63. The highest BCUT2D eigenvalue weighted by Gasteiger charge is 2.29. The summed E-state index contributed by atoms with van der Waals surface area (Å²) in [6.07, 6.45) is 2.35. The predicted octanol–water partition coefficient (Wildman–Crippen LogP) is 4.94. The molecule has 3 atom stereocenters. The summed E-state index contributed by atoms with van der Waals surface area (Å²) in [6.45, 7) is 1.31. The first-order chi connectivity index (χ1) is 8.42. The normalized spacial score (nSPS) is 29.5. The van der Waals surface area contributed by atoms with Gasteiger partial charge in [0.15, 0.2) is 0 Å². The van der Waals surface area contributed by atoms with Crippen molar-refractivity contribution in [3.63, 3.8) is 0 Å². The van der Waals surface area contributed by atoms with Gasteiger partial charge in [0.25, 0.3) is 0 Å². The lowest BCUT2D eigenvalue weighted by atomic mass is 9.78. The van der Waals surface area contributed by atoms with Crippen molar-refractivity contribution in [1.29, 1.82) is 0 Å². The molecule has 0 radical (unpaired) electrons. The molecule has 0 spiro atoms. The van der Waals surface area contributed by atoms with Gasteiger partial charge in [-0.15, -0.1) is 0 Å². The number of ether oxygens (including phenoxy) is 1. The molecule has 0 amide bonds. The van der Waals surface area contributed by atoms with Crippen LogP contribution in [0.25, 0.3) is 0 Å². The van der Waals surface area contributed by atoms with Crippen LogP contribution >= 0.6 is 15.9 Å². The second-order valence-corrected chi connectivity index (χ2v) is 6.35. The van der Waals surface area contributed by atoms with Crippen molar-refractivity contribution < 1.29 is 17.9 Å². The molecular formula is C13H22BrF3O. The van der Waals surface area contributed by atoms with Crippen LogP contribution in [0.4, 0.5) is 13.2 Å². The molecule has 1 rings (SSSR count). The largest absolute Gasteiger partial charge is 0.411 e. The number of halogens is 4. The average Bonchev–Trinajstić information content (AvgIpc) is 2.29. The highest BCUT2D eigenvalue weighted by atomic mass is 79.9. The van der Waals surface area contributed by atoms with Crippen LogP contribution in [0.2, 0.25) is 0 Å². The molecular weight excluding hydrogens is 309 g/mol. The van der Waals surface area contributed by atoms with Crippen molar-refractivity contribution in [2.24, 2.45) is 11.8 Å². The molecule has 1 aliphatic carbocycles. The van der Waals surface area contributed by atoms with Crippen LogP contribution in [0.1, 0.15) is 45.4 Å². The molecule has 0 saturated heterocycles. The number of alkyl halides is 4.